The first-order chi connectivity index (χ1) is 12.1. The minimum absolute atomic E-state index is 0.308. The predicted molar refractivity (Wildman–Crippen MR) is 99.7 cm³/mol. The van der Waals surface area contributed by atoms with Crippen LogP contribution in [0.2, 0.25) is 0 Å². The van der Waals surface area contributed by atoms with Crippen LogP contribution in [-0.4, -0.2) is 22.1 Å². The van der Waals surface area contributed by atoms with E-state index in [0.717, 1.165) is 12.0 Å². The fraction of sp³-hybridized carbons (Fsp3) is 0.286. The van der Waals surface area contributed by atoms with Crippen molar-refractivity contribution in [2.45, 2.75) is 33.1 Å². The van der Waals surface area contributed by atoms with Gasteiger partial charge in [0, 0.05) is 23.5 Å². The van der Waals surface area contributed by atoms with Crippen molar-refractivity contribution in [3.05, 3.63) is 59.9 Å². The highest BCUT2D eigenvalue weighted by molar-refractivity contribution is 6.04. The van der Waals surface area contributed by atoms with Gasteiger partial charge in [-0.25, -0.2) is 4.79 Å². The molecule has 1 aromatic carbocycles. The molecule has 0 amide bonds. The van der Waals surface area contributed by atoms with Crippen LogP contribution in [0.4, 0.5) is 0 Å². The maximum absolute atomic E-state index is 12.0. The van der Waals surface area contributed by atoms with Gasteiger partial charge in [-0.2, -0.15) is 0 Å². The molecule has 0 fully saturated rings. The summed E-state index contributed by atoms with van der Waals surface area (Å²) >= 11 is 0. The van der Waals surface area contributed by atoms with Crippen molar-refractivity contribution in [1.82, 2.24) is 4.40 Å². The minimum Gasteiger partial charge on any atom is -0.493 e. The lowest BCUT2D eigenvalue weighted by Crippen LogP contribution is -2.01. The van der Waals surface area contributed by atoms with Gasteiger partial charge in [0.25, 0.3) is 0 Å². The number of aromatic carboxylic acids is 1. The van der Waals surface area contributed by atoms with E-state index in [2.05, 4.69) is 26.0 Å². The highest BCUT2D eigenvalue weighted by Gasteiger charge is 2.21. The predicted octanol–water partition coefficient (Wildman–Crippen LogP) is 5.22. The Morgan fingerprint density at radius 1 is 1.20 bits per heavy atom. The second-order valence-corrected chi connectivity index (χ2v) is 6.21. The van der Waals surface area contributed by atoms with Gasteiger partial charge in [0.1, 0.15) is 5.75 Å². The van der Waals surface area contributed by atoms with Crippen LogP contribution < -0.4 is 4.74 Å². The van der Waals surface area contributed by atoms with Crippen LogP contribution in [0.3, 0.4) is 0 Å². The maximum Gasteiger partial charge on any atom is 0.338 e. The van der Waals surface area contributed by atoms with Crippen molar-refractivity contribution in [2.75, 3.05) is 6.61 Å². The van der Waals surface area contributed by atoms with Gasteiger partial charge in [-0.1, -0.05) is 26.0 Å². The van der Waals surface area contributed by atoms with Crippen molar-refractivity contribution in [2.24, 2.45) is 0 Å². The number of carboxylic acid groups (broad SMARTS) is 1. The van der Waals surface area contributed by atoms with Gasteiger partial charge in [-0.3, -0.25) is 0 Å². The number of hydrogen-bond donors (Lipinski definition) is 1. The Hall–Kier alpha value is -2.75. The molecule has 2 heterocycles. The summed E-state index contributed by atoms with van der Waals surface area (Å²) in [5.41, 5.74) is 3.70. The number of aromatic nitrogens is 1. The van der Waals surface area contributed by atoms with E-state index in [1.165, 1.54) is 5.56 Å². The summed E-state index contributed by atoms with van der Waals surface area (Å²) in [5, 5.41) is 9.81. The van der Waals surface area contributed by atoms with E-state index in [-0.39, 0.29) is 0 Å². The number of ether oxygens (including phenoxy) is 1. The summed E-state index contributed by atoms with van der Waals surface area (Å²) in [6.07, 6.45) is 4.76. The van der Waals surface area contributed by atoms with Gasteiger partial charge in [0.2, 0.25) is 0 Å². The van der Waals surface area contributed by atoms with Gasteiger partial charge in [-0.05, 0) is 49.1 Å². The molecule has 1 unspecified atom stereocenters. The number of fused-ring (bicyclic) bond motifs is 1. The standard InChI is InChI=1S/C21H23NO3/c1-4-14(3)15-9-10-19(25-5-2)16(12-15)17-13-22-11-7-6-8-18(22)20(17)21(23)24/h6-14H,4-5H2,1-3H3,(H,23,24). The van der Waals surface area contributed by atoms with E-state index in [1.807, 2.05) is 48.0 Å². The highest BCUT2D eigenvalue weighted by atomic mass is 16.5. The van der Waals surface area contributed by atoms with Gasteiger partial charge in [0.15, 0.2) is 0 Å². The second-order valence-electron chi connectivity index (χ2n) is 6.21. The molecule has 3 aromatic rings. The Morgan fingerprint density at radius 2 is 2.00 bits per heavy atom. The van der Waals surface area contributed by atoms with E-state index in [4.69, 9.17) is 4.74 Å². The largest absolute Gasteiger partial charge is 0.493 e. The van der Waals surface area contributed by atoms with Crippen molar-refractivity contribution in [3.63, 3.8) is 0 Å². The lowest BCUT2D eigenvalue weighted by molar-refractivity contribution is 0.0700. The van der Waals surface area contributed by atoms with E-state index >= 15 is 0 Å². The summed E-state index contributed by atoms with van der Waals surface area (Å²) in [4.78, 5) is 12.0. The summed E-state index contributed by atoms with van der Waals surface area (Å²) < 4.78 is 7.64. The number of pyridine rings is 1. The van der Waals surface area contributed by atoms with Crippen molar-refractivity contribution >= 4 is 11.5 Å². The van der Waals surface area contributed by atoms with Gasteiger partial charge < -0.3 is 14.2 Å². The van der Waals surface area contributed by atoms with E-state index < -0.39 is 5.97 Å². The second kappa shape index (κ2) is 7.01. The molecule has 0 radical (unpaired) electrons. The molecular weight excluding hydrogens is 314 g/mol. The molecule has 2 aromatic heterocycles. The van der Waals surface area contributed by atoms with E-state index in [0.29, 0.717) is 34.9 Å². The number of rotatable bonds is 6. The first-order valence-electron chi connectivity index (χ1n) is 8.66. The lowest BCUT2D eigenvalue weighted by Gasteiger charge is -2.15. The molecule has 0 aliphatic heterocycles. The summed E-state index contributed by atoms with van der Waals surface area (Å²) in [7, 11) is 0. The molecule has 0 saturated heterocycles. The Balaban J connectivity index is 2.29. The Bertz CT molecular complexity index is 911. The molecule has 130 valence electrons. The third-order valence-corrected chi connectivity index (χ3v) is 4.67. The van der Waals surface area contributed by atoms with Gasteiger partial charge in [-0.15, -0.1) is 0 Å². The van der Waals surface area contributed by atoms with Crippen LogP contribution in [-0.2, 0) is 0 Å². The van der Waals surface area contributed by atoms with Crippen LogP contribution in [0.25, 0.3) is 16.6 Å². The molecule has 0 bridgehead atoms. The molecule has 4 heteroatoms. The minimum atomic E-state index is -0.930. The van der Waals surface area contributed by atoms with Crippen LogP contribution >= 0.6 is 0 Å². The van der Waals surface area contributed by atoms with Crippen molar-refractivity contribution < 1.29 is 14.6 Å². The summed E-state index contributed by atoms with van der Waals surface area (Å²) in [5.74, 6) is 0.188. The zero-order valence-corrected chi connectivity index (χ0v) is 14.8. The zero-order chi connectivity index (χ0) is 18.0. The molecule has 0 aliphatic carbocycles. The number of hydrogen-bond acceptors (Lipinski definition) is 2. The smallest absolute Gasteiger partial charge is 0.338 e. The topological polar surface area (TPSA) is 50.9 Å². The normalized spacial score (nSPS) is 12.3. The first kappa shape index (κ1) is 17.1. The first-order valence-corrected chi connectivity index (χ1v) is 8.66. The van der Waals surface area contributed by atoms with Gasteiger partial charge in [0.05, 0.1) is 17.7 Å². The average molecular weight is 337 g/mol. The molecule has 1 N–H and O–H groups in total. The van der Waals surface area contributed by atoms with Crippen LogP contribution in [0.5, 0.6) is 5.75 Å². The lowest BCUT2D eigenvalue weighted by atomic mass is 9.93. The van der Waals surface area contributed by atoms with Crippen molar-refractivity contribution in [1.29, 1.82) is 0 Å². The molecule has 0 spiro atoms. The van der Waals surface area contributed by atoms with Crippen LogP contribution in [0.1, 0.15) is 49.0 Å². The molecule has 25 heavy (non-hydrogen) atoms. The highest BCUT2D eigenvalue weighted by Crippen LogP contribution is 2.37. The van der Waals surface area contributed by atoms with Crippen LogP contribution in [0.15, 0.2) is 48.8 Å². The molecule has 0 saturated carbocycles. The summed E-state index contributed by atoms with van der Waals surface area (Å²) in [6, 6.07) is 11.7. The van der Waals surface area contributed by atoms with Crippen LogP contribution in [0, 0.1) is 0 Å². The molecule has 1 atom stereocenters. The fourth-order valence-corrected chi connectivity index (χ4v) is 3.13. The monoisotopic (exact) mass is 337 g/mol. The van der Waals surface area contributed by atoms with E-state index in [9.17, 15) is 9.90 Å². The Morgan fingerprint density at radius 3 is 2.68 bits per heavy atom. The number of benzene rings is 1. The third kappa shape index (κ3) is 3.12. The van der Waals surface area contributed by atoms with E-state index in [1.54, 1.807) is 0 Å². The fourth-order valence-electron chi connectivity index (χ4n) is 3.13. The zero-order valence-electron chi connectivity index (χ0n) is 14.8. The number of nitrogens with zero attached hydrogens (tertiary/aromatic N) is 1. The van der Waals surface area contributed by atoms with Crippen molar-refractivity contribution in [3.8, 4) is 16.9 Å². The Kier molecular flexibility index (Phi) is 4.79. The quantitative estimate of drug-likeness (QED) is 0.671. The average Bonchev–Trinajstić information content (AvgIpc) is 3.01. The maximum atomic E-state index is 12.0. The molecule has 0 aliphatic rings. The summed E-state index contributed by atoms with van der Waals surface area (Å²) in [6.45, 7) is 6.79. The molecule has 4 nitrogen and oxygen atoms in total. The van der Waals surface area contributed by atoms with Gasteiger partial charge >= 0.3 is 5.97 Å². The third-order valence-electron chi connectivity index (χ3n) is 4.67. The molecule has 3 rings (SSSR count). The number of carbonyl (C=O) groups is 1. The SMILES string of the molecule is CCOc1ccc(C(C)CC)cc1-c1cn2ccccc2c1C(=O)O. The Labute approximate surface area is 147 Å². The molecular formula is C21H23NO3. The number of carboxylic acids is 1.